The molecular weight excluding hydrogens is 416 g/mol. The van der Waals surface area contributed by atoms with Crippen LogP contribution in [0.4, 0.5) is 0 Å². The highest BCUT2D eigenvalue weighted by atomic mass is 32.2. The van der Waals surface area contributed by atoms with Gasteiger partial charge in [-0.25, -0.2) is 8.42 Å². The fraction of sp³-hybridized carbons (Fsp3) is 0.500. The highest BCUT2D eigenvalue weighted by Gasteiger charge is 2.32. The molecule has 0 radical (unpaired) electrons. The van der Waals surface area contributed by atoms with Crippen molar-refractivity contribution in [3.8, 4) is 11.5 Å². The number of nitrogens with zero attached hydrogens (tertiary/aromatic N) is 3. The molecule has 156 valence electrons. The van der Waals surface area contributed by atoms with E-state index in [4.69, 9.17) is 9.47 Å². The number of ether oxygens (including phenoxy) is 2. The number of hydrogen-bond donors (Lipinski definition) is 1. The molecule has 1 fully saturated rings. The third kappa shape index (κ3) is 4.67. The summed E-state index contributed by atoms with van der Waals surface area (Å²) < 4.78 is 36.6. The minimum absolute atomic E-state index is 0.108. The summed E-state index contributed by atoms with van der Waals surface area (Å²) in [5, 5.41) is 11.7. The molecule has 11 heteroatoms. The van der Waals surface area contributed by atoms with Crippen LogP contribution in [0.15, 0.2) is 29.4 Å². The van der Waals surface area contributed by atoms with Crippen LogP contribution in [-0.4, -0.2) is 65.6 Å². The molecule has 9 nitrogen and oxygen atoms in total. The molecule has 1 N–H and O–H groups in total. The van der Waals surface area contributed by atoms with E-state index in [1.54, 1.807) is 11.6 Å². The lowest BCUT2D eigenvalue weighted by molar-refractivity contribution is -0.119. The highest BCUT2D eigenvalue weighted by Crippen LogP contribution is 2.31. The van der Waals surface area contributed by atoms with E-state index in [1.165, 1.54) is 11.8 Å². The molecular formula is C18H22N4O5S2. The van der Waals surface area contributed by atoms with E-state index in [9.17, 15) is 13.2 Å². The summed E-state index contributed by atoms with van der Waals surface area (Å²) in [6.07, 6.45) is 0.316. The smallest absolute Gasteiger partial charge is 0.230 e. The Morgan fingerprint density at radius 1 is 1.31 bits per heavy atom. The van der Waals surface area contributed by atoms with Gasteiger partial charge in [-0.2, -0.15) is 0 Å². The maximum Gasteiger partial charge on any atom is 0.230 e. The number of carbonyl (C=O) groups is 1. The number of benzene rings is 1. The summed E-state index contributed by atoms with van der Waals surface area (Å²) >= 11 is 1.27. The predicted molar refractivity (Wildman–Crippen MR) is 107 cm³/mol. The fourth-order valence-corrected chi connectivity index (χ4v) is 5.87. The van der Waals surface area contributed by atoms with E-state index in [1.807, 2.05) is 24.3 Å². The third-order valence-electron chi connectivity index (χ3n) is 4.89. The molecule has 29 heavy (non-hydrogen) atoms. The Bertz CT molecular complexity index is 1010. The van der Waals surface area contributed by atoms with Gasteiger partial charge < -0.3 is 19.4 Å². The normalized spacial score (nSPS) is 22.4. The van der Waals surface area contributed by atoms with Crippen LogP contribution < -0.4 is 14.8 Å². The minimum atomic E-state index is -2.99. The Kier molecular flexibility index (Phi) is 5.68. The molecule has 0 spiro atoms. The zero-order valence-electron chi connectivity index (χ0n) is 15.9. The van der Waals surface area contributed by atoms with Crippen molar-refractivity contribution in [2.45, 2.75) is 23.6 Å². The number of sulfone groups is 1. The minimum Gasteiger partial charge on any atom is -0.486 e. The number of rotatable bonds is 6. The molecule has 1 aromatic carbocycles. The summed E-state index contributed by atoms with van der Waals surface area (Å²) in [7, 11) is -1.19. The maximum atomic E-state index is 12.2. The molecule has 2 atom stereocenters. The van der Waals surface area contributed by atoms with Crippen LogP contribution >= 0.6 is 11.8 Å². The molecule has 0 aliphatic carbocycles. The quantitative estimate of drug-likeness (QED) is 0.658. The molecule has 1 amide bonds. The number of aromatic nitrogens is 3. The van der Waals surface area contributed by atoms with E-state index in [0.717, 1.165) is 0 Å². The fourth-order valence-electron chi connectivity index (χ4n) is 3.38. The SMILES string of the molecule is Cn1c(SCC(=O)NC[C@@H]2COc3ccccc3O2)nnc1[C@H]1CCS(=O)(=O)C1. The van der Waals surface area contributed by atoms with Crippen LogP contribution in [0.3, 0.4) is 0 Å². The lowest BCUT2D eigenvalue weighted by atomic mass is 10.1. The molecule has 3 heterocycles. The van der Waals surface area contributed by atoms with Crippen LogP contribution in [-0.2, 0) is 21.7 Å². The molecule has 1 aromatic heterocycles. The van der Waals surface area contributed by atoms with Crippen LogP contribution in [0.25, 0.3) is 0 Å². The number of amides is 1. The Morgan fingerprint density at radius 2 is 2.10 bits per heavy atom. The molecule has 0 saturated carbocycles. The van der Waals surface area contributed by atoms with Crippen molar-refractivity contribution in [1.82, 2.24) is 20.1 Å². The lowest BCUT2D eigenvalue weighted by Crippen LogP contribution is -2.41. The van der Waals surface area contributed by atoms with E-state index < -0.39 is 9.84 Å². The number of thioether (sulfide) groups is 1. The van der Waals surface area contributed by atoms with Crippen LogP contribution in [0.2, 0.25) is 0 Å². The van der Waals surface area contributed by atoms with E-state index in [2.05, 4.69) is 15.5 Å². The van der Waals surface area contributed by atoms with Gasteiger partial charge in [0.2, 0.25) is 5.91 Å². The Morgan fingerprint density at radius 3 is 2.86 bits per heavy atom. The number of fused-ring (bicyclic) bond motifs is 1. The summed E-state index contributed by atoms with van der Waals surface area (Å²) in [5.41, 5.74) is 0. The zero-order chi connectivity index (χ0) is 20.4. The van der Waals surface area contributed by atoms with Gasteiger partial charge in [0.15, 0.2) is 26.5 Å². The topological polar surface area (TPSA) is 112 Å². The highest BCUT2D eigenvalue weighted by molar-refractivity contribution is 7.99. The van der Waals surface area contributed by atoms with Crippen LogP contribution in [0.1, 0.15) is 18.2 Å². The van der Waals surface area contributed by atoms with Gasteiger partial charge in [-0.1, -0.05) is 23.9 Å². The van der Waals surface area contributed by atoms with Crippen molar-refractivity contribution in [2.24, 2.45) is 7.05 Å². The summed E-state index contributed by atoms with van der Waals surface area (Å²) in [5.74, 6) is 2.23. The third-order valence-corrected chi connectivity index (χ3v) is 7.68. The summed E-state index contributed by atoms with van der Waals surface area (Å²) in [6, 6.07) is 7.43. The van der Waals surface area contributed by atoms with Crippen molar-refractivity contribution in [2.75, 3.05) is 30.4 Å². The van der Waals surface area contributed by atoms with Gasteiger partial charge in [0.1, 0.15) is 18.5 Å². The van der Waals surface area contributed by atoms with Gasteiger partial charge in [0.25, 0.3) is 0 Å². The largest absolute Gasteiger partial charge is 0.486 e. The second kappa shape index (κ2) is 8.23. The number of hydrogen-bond acceptors (Lipinski definition) is 8. The van der Waals surface area contributed by atoms with Gasteiger partial charge in [-0.15, -0.1) is 10.2 Å². The van der Waals surface area contributed by atoms with Gasteiger partial charge >= 0.3 is 0 Å². The molecule has 2 aromatic rings. The number of carbonyl (C=O) groups excluding carboxylic acids is 1. The zero-order valence-corrected chi connectivity index (χ0v) is 17.5. The Hall–Kier alpha value is -2.27. The molecule has 0 unspecified atom stereocenters. The maximum absolute atomic E-state index is 12.2. The second-order valence-electron chi connectivity index (χ2n) is 7.09. The van der Waals surface area contributed by atoms with Crippen molar-refractivity contribution < 1.29 is 22.7 Å². The van der Waals surface area contributed by atoms with E-state index in [-0.39, 0.29) is 35.2 Å². The van der Waals surface area contributed by atoms with Crippen LogP contribution in [0.5, 0.6) is 11.5 Å². The van der Waals surface area contributed by atoms with E-state index >= 15 is 0 Å². The lowest BCUT2D eigenvalue weighted by Gasteiger charge is -2.26. The second-order valence-corrected chi connectivity index (χ2v) is 10.3. The predicted octanol–water partition coefficient (Wildman–Crippen LogP) is 0.765. The van der Waals surface area contributed by atoms with Crippen LogP contribution in [0, 0.1) is 0 Å². The average molecular weight is 439 g/mol. The first-order valence-electron chi connectivity index (χ1n) is 9.29. The Labute approximate surface area is 173 Å². The first kappa shape index (κ1) is 20.0. The molecule has 2 aliphatic rings. The van der Waals surface area contributed by atoms with Gasteiger partial charge in [-0.3, -0.25) is 4.79 Å². The van der Waals surface area contributed by atoms with E-state index in [0.29, 0.717) is 42.1 Å². The van der Waals surface area contributed by atoms with Gasteiger partial charge in [0, 0.05) is 13.0 Å². The first-order valence-corrected chi connectivity index (χ1v) is 12.1. The summed E-state index contributed by atoms with van der Waals surface area (Å²) in [6.45, 7) is 0.721. The molecule has 1 saturated heterocycles. The average Bonchev–Trinajstić information content (AvgIpc) is 3.26. The van der Waals surface area contributed by atoms with Crippen molar-refractivity contribution in [3.05, 3.63) is 30.1 Å². The first-order chi connectivity index (χ1) is 13.9. The van der Waals surface area contributed by atoms with Gasteiger partial charge in [-0.05, 0) is 18.6 Å². The number of nitrogens with one attached hydrogen (secondary N) is 1. The number of para-hydroxylation sites is 2. The van der Waals surface area contributed by atoms with Crippen molar-refractivity contribution >= 4 is 27.5 Å². The molecule has 4 rings (SSSR count). The Balaban J connectivity index is 1.25. The molecule has 0 bridgehead atoms. The van der Waals surface area contributed by atoms with Crippen molar-refractivity contribution in [1.29, 1.82) is 0 Å². The monoisotopic (exact) mass is 438 g/mol. The van der Waals surface area contributed by atoms with Crippen molar-refractivity contribution in [3.63, 3.8) is 0 Å². The van der Waals surface area contributed by atoms with Gasteiger partial charge in [0.05, 0.1) is 23.8 Å². The summed E-state index contributed by atoms with van der Waals surface area (Å²) in [4.78, 5) is 12.2. The molecule has 2 aliphatic heterocycles. The standard InChI is InChI=1S/C18H22N4O5S2/c1-22-17(12-6-7-29(24,25)11-12)20-21-18(22)28-10-16(23)19-8-13-9-26-14-4-2-3-5-15(14)27-13/h2-5,12-13H,6-11H2,1H3,(H,19,23)/t12-,13+/m0/s1.